The number of nitrogens with zero attached hydrogens (tertiary/aromatic N) is 1. The van der Waals surface area contributed by atoms with Crippen LogP contribution in [0.2, 0.25) is 0 Å². The molecule has 3 aromatic rings. The van der Waals surface area contributed by atoms with Gasteiger partial charge in [0.15, 0.2) is 0 Å². The van der Waals surface area contributed by atoms with Crippen LogP contribution in [-0.4, -0.2) is 47.7 Å². The average molecular weight is 592 g/mol. The van der Waals surface area contributed by atoms with Crippen LogP contribution in [0.5, 0.6) is 5.75 Å². The number of nitrogens with one attached hydrogen (secondary N) is 1. The highest BCUT2D eigenvalue weighted by Gasteiger charge is 2.36. The molecule has 9 nitrogen and oxygen atoms in total. The summed E-state index contributed by atoms with van der Waals surface area (Å²) in [6, 6.07) is 23.1. The summed E-state index contributed by atoms with van der Waals surface area (Å²) in [5.74, 6) is -2.49. The Morgan fingerprint density at radius 1 is 1.07 bits per heavy atom. The van der Waals surface area contributed by atoms with Gasteiger partial charge in [-0.15, -0.1) is 0 Å². The molecule has 1 saturated heterocycles. The molecule has 0 saturated carbocycles. The zero-order valence-electron chi connectivity index (χ0n) is 23.8. The van der Waals surface area contributed by atoms with Crippen molar-refractivity contribution in [2.24, 2.45) is 5.73 Å². The Morgan fingerprint density at radius 3 is 2.38 bits per heavy atom. The van der Waals surface area contributed by atoms with Gasteiger partial charge in [0.25, 0.3) is 5.91 Å². The van der Waals surface area contributed by atoms with E-state index in [4.69, 9.17) is 10.5 Å². The van der Waals surface area contributed by atoms with Gasteiger partial charge < -0.3 is 25.6 Å². The SMILES string of the molecule is CCCOc1cc(C(=O)N[C@@H](Cc2ccccc2)P(=O)(O)CC(CC(N)=O)c2ccccc2)cc(N2CCCC2=O)c1. The molecule has 222 valence electrons. The standard InChI is InChI=1S/C32H38N3O6P/c1-2-16-41-28-19-25(18-27(21-28)35-15-9-14-31(35)37)32(38)34-30(17-23-10-5-3-6-11-23)42(39,40)22-26(20-29(33)36)24-12-7-4-8-13-24/h3-8,10-13,18-19,21,26,30H,2,9,14-17,20,22H2,1H3,(H2,33,36)(H,34,38)(H,39,40)/t26?,30-/m1/s1. The largest absolute Gasteiger partial charge is 0.494 e. The number of benzene rings is 3. The van der Waals surface area contributed by atoms with E-state index in [2.05, 4.69) is 5.32 Å². The molecule has 3 atom stereocenters. The number of carbonyl (C=O) groups is 3. The first-order valence-electron chi connectivity index (χ1n) is 14.2. The van der Waals surface area contributed by atoms with Gasteiger partial charge in [-0.3, -0.25) is 18.9 Å². The zero-order valence-corrected chi connectivity index (χ0v) is 24.7. The number of primary amides is 1. The van der Waals surface area contributed by atoms with Crippen LogP contribution in [0.1, 0.15) is 60.0 Å². The molecule has 1 fully saturated rings. The van der Waals surface area contributed by atoms with Gasteiger partial charge in [-0.25, -0.2) is 0 Å². The van der Waals surface area contributed by atoms with E-state index in [1.807, 2.05) is 43.3 Å². The molecule has 1 aliphatic rings. The van der Waals surface area contributed by atoms with Crippen LogP contribution >= 0.6 is 7.37 Å². The third-order valence-corrected chi connectivity index (χ3v) is 9.52. The molecule has 0 spiro atoms. The Kier molecular flexibility index (Phi) is 10.6. The molecule has 0 aliphatic carbocycles. The van der Waals surface area contributed by atoms with Crippen molar-refractivity contribution in [1.82, 2.24) is 5.32 Å². The number of hydrogen-bond acceptors (Lipinski definition) is 5. The molecular formula is C32H38N3O6P. The molecule has 3 aromatic carbocycles. The predicted octanol–water partition coefficient (Wildman–Crippen LogP) is 4.83. The predicted molar refractivity (Wildman–Crippen MR) is 163 cm³/mol. The number of amides is 3. The Hall–Kier alpha value is -3.94. The van der Waals surface area contributed by atoms with E-state index in [1.54, 1.807) is 47.4 Å². The summed E-state index contributed by atoms with van der Waals surface area (Å²) >= 11 is 0. The highest BCUT2D eigenvalue weighted by atomic mass is 31.2. The second kappa shape index (κ2) is 14.3. The Labute approximate surface area is 246 Å². The molecule has 2 unspecified atom stereocenters. The second-order valence-electron chi connectivity index (χ2n) is 10.6. The van der Waals surface area contributed by atoms with Crippen molar-refractivity contribution < 1.29 is 28.6 Å². The molecule has 1 heterocycles. The number of carbonyl (C=O) groups excluding carboxylic acids is 3. The van der Waals surface area contributed by atoms with Crippen LogP contribution < -0.4 is 20.7 Å². The van der Waals surface area contributed by atoms with Crippen molar-refractivity contribution in [2.45, 2.75) is 50.7 Å². The number of hydrogen-bond donors (Lipinski definition) is 3. The molecule has 1 aliphatic heterocycles. The molecule has 4 N–H and O–H groups in total. The average Bonchev–Trinajstić information content (AvgIpc) is 3.41. The molecule has 3 amide bonds. The lowest BCUT2D eigenvalue weighted by Gasteiger charge is -2.28. The highest BCUT2D eigenvalue weighted by molar-refractivity contribution is 7.58. The second-order valence-corrected chi connectivity index (χ2v) is 13.1. The van der Waals surface area contributed by atoms with Crippen molar-refractivity contribution in [2.75, 3.05) is 24.2 Å². The molecule has 4 rings (SSSR count). The van der Waals surface area contributed by atoms with E-state index >= 15 is 0 Å². The normalized spacial score (nSPS) is 16.0. The van der Waals surface area contributed by atoms with Gasteiger partial charge in [0, 0.05) is 55.2 Å². The third kappa shape index (κ3) is 8.30. The molecule has 10 heteroatoms. The minimum atomic E-state index is -4.13. The first-order valence-corrected chi connectivity index (χ1v) is 16.2. The number of rotatable bonds is 14. The lowest BCUT2D eigenvalue weighted by atomic mass is 9.97. The number of ether oxygens (including phenoxy) is 1. The van der Waals surface area contributed by atoms with Crippen LogP contribution in [0.15, 0.2) is 78.9 Å². The summed E-state index contributed by atoms with van der Waals surface area (Å²) in [5.41, 5.74) is 7.76. The van der Waals surface area contributed by atoms with Gasteiger partial charge in [-0.1, -0.05) is 67.6 Å². The van der Waals surface area contributed by atoms with Gasteiger partial charge >= 0.3 is 0 Å². The number of nitrogens with two attached hydrogens (primary N) is 1. The highest BCUT2D eigenvalue weighted by Crippen LogP contribution is 2.50. The lowest BCUT2D eigenvalue weighted by Crippen LogP contribution is -2.38. The van der Waals surface area contributed by atoms with Gasteiger partial charge in [-0.05, 0) is 36.1 Å². The van der Waals surface area contributed by atoms with Crippen molar-refractivity contribution in [3.8, 4) is 5.75 Å². The fourth-order valence-corrected chi connectivity index (χ4v) is 7.20. The summed E-state index contributed by atoms with van der Waals surface area (Å²) < 4.78 is 19.9. The van der Waals surface area contributed by atoms with E-state index in [9.17, 15) is 23.8 Å². The summed E-state index contributed by atoms with van der Waals surface area (Å²) in [6.07, 6.45) is 1.66. The summed E-state index contributed by atoms with van der Waals surface area (Å²) in [4.78, 5) is 51.2. The molecule has 42 heavy (non-hydrogen) atoms. The van der Waals surface area contributed by atoms with Gasteiger partial charge in [0.1, 0.15) is 11.5 Å². The quantitative estimate of drug-likeness (QED) is 0.230. The molecule has 0 bridgehead atoms. The Morgan fingerprint density at radius 2 is 1.76 bits per heavy atom. The minimum absolute atomic E-state index is 0.0304. The van der Waals surface area contributed by atoms with Crippen molar-refractivity contribution in [1.29, 1.82) is 0 Å². The van der Waals surface area contributed by atoms with Gasteiger partial charge in [0.05, 0.1) is 6.61 Å². The Balaban J connectivity index is 1.66. The summed E-state index contributed by atoms with van der Waals surface area (Å²) in [5, 5.41) is 2.82. The van der Waals surface area contributed by atoms with Crippen LogP contribution in [0.25, 0.3) is 0 Å². The first-order chi connectivity index (χ1) is 20.2. The van der Waals surface area contributed by atoms with Crippen LogP contribution in [0.3, 0.4) is 0 Å². The van der Waals surface area contributed by atoms with Crippen molar-refractivity contribution >= 4 is 30.8 Å². The Bertz CT molecular complexity index is 1430. The number of anilines is 1. The maximum atomic E-state index is 14.1. The van der Waals surface area contributed by atoms with E-state index in [-0.39, 0.29) is 30.5 Å². The monoisotopic (exact) mass is 591 g/mol. The fraction of sp³-hybridized carbons (Fsp3) is 0.344. The van der Waals surface area contributed by atoms with Gasteiger partial charge in [-0.2, -0.15) is 0 Å². The topological polar surface area (TPSA) is 139 Å². The zero-order chi connectivity index (χ0) is 30.1. The van der Waals surface area contributed by atoms with Crippen LogP contribution in [0.4, 0.5) is 5.69 Å². The van der Waals surface area contributed by atoms with Crippen molar-refractivity contribution in [3.63, 3.8) is 0 Å². The first kappa shape index (κ1) is 31.0. The van der Waals surface area contributed by atoms with E-state index in [0.717, 1.165) is 24.0 Å². The van der Waals surface area contributed by atoms with Crippen molar-refractivity contribution in [3.05, 3.63) is 95.6 Å². The van der Waals surface area contributed by atoms with E-state index in [0.29, 0.717) is 31.0 Å². The fourth-order valence-electron chi connectivity index (χ4n) is 5.16. The van der Waals surface area contributed by atoms with Crippen LogP contribution in [0, 0.1) is 0 Å². The maximum absolute atomic E-state index is 14.1. The summed E-state index contributed by atoms with van der Waals surface area (Å²) in [7, 11) is -4.13. The summed E-state index contributed by atoms with van der Waals surface area (Å²) in [6.45, 7) is 2.94. The molecular weight excluding hydrogens is 553 g/mol. The van der Waals surface area contributed by atoms with Gasteiger partial charge in [0.2, 0.25) is 19.2 Å². The maximum Gasteiger partial charge on any atom is 0.252 e. The smallest absolute Gasteiger partial charge is 0.252 e. The molecule has 0 radical (unpaired) electrons. The van der Waals surface area contributed by atoms with Crippen LogP contribution in [-0.2, 0) is 20.6 Å². The molecule has 0 aromatic heterocycles. The van der Waals surface area contributed by atoms with E-state index in [1.165, 1.54) is 0 Å². The minimum Gasteiger partial charge on any atom is -0.494 e. The lowest BCUT2D eigenvalue weighted by molar-refractivity contribution is -0.118. The van der Waals surface area contributed by atoms with E-state index < -0.39 is 30.9 Å². The third-order valence-electron chi connectivity index (χ3n) is 7.27.